The van der Waals surface area contributed by atoms with Crippen LogP contribution >= 0.6 is 15.9 Å². The zero-order valence-corrected chi connectivity index (χ0v) is 13.3. The zero-order valence-electron chi connectivity index (χ0n) is 10.9. The van der Waals surface area contributed by atoms with E-state index in [1.165, 1.54) is 19.2 Å². The third kappa shape index (κ3) is 3.70. The Balaban J connectivity index is 2.99. The number of sulfonamides is 1. The van der Waals surface area contributed by atoms with Crippen LogP contribution in [0.5, 0.6) is 5.75 Å². The first-order valence-electron chi connectivity index (χ1n) is 5.51. The van der Waals surface area contributed by atoms with Crippen LogP contribution in [-0.4, -0.2) is 25.9 Å². The number of methoxy groups -OCH3 is 1. The zero-order chi connectivity index (χ0) is 14.0. The number of hydrogen-bond acceptors (Lipinski definition) is 3. The normalized spacial score (nSPS) is 14.3. The van der Waals surface area contributed by atoms with Gasteiger partial charge in [-0.05, 0) is 38.1 Å². The number of nitrogens with one attached hydrogen (secondary N) is 1. The first kappa shape index (κ1) is 15.5. The van der Waals surface area contributed by atoms with E-state index in [0.29, 0.717) is 5.75 Å². The molecular weight excluding hydrogens is 318 g/mol. The van der Waals surface area contributed by atoms with Crippen molar-refractivity contribution in [2.75, 3.05) is 7.11 Å². The summed E-state index contributed by atoms with van der Waals surface area (Å²) in [6.45, 7) is 5.55. The molecular formula is C12H18BrNO3S. The van der Waals surface area contributed by atoms with Gasteiger partial charge in [-0.3, -0.25) is 0 Å². The van der Waals surface area contributed by atoms with Gasteiger partial charge >= 0.3 is 0 Å². The molecule has 18 heavy (non-hydrogen) atoms. The molecule has 102 valence electrons. The molecule has 0 heterocycles. The summed E-state index contributed by atoms with van der Waals surface area (Å²) in [5, 5.41) is 0. The largest absolute Gasteiger partial charge is 0.497 e. The van der Waals surface area contributed by atoms with Crippen LogP contribution in [0.3, 0.4) is 0 Å². The summed E-state index contributed by atoms with van der Waals surface area (Å²) in [6.07, 6.45) is 0. The highest BCUT2D eigenvalue weighted by Gasteiger charge is 2.30. The van der Waals surface area contributed by atoms with Crippen molar-refractivity contribution >= 4 is 26.0 Å². The molecule has 4 nitrogen and oxygen atoms in total. The molecule has 1 rings (SSSR count). The van der Waals surface area contributed by atoms with E-state index in [0.717, 1.165) is 0 Å². The van der Waals surface area contributed by atoms with E-state index in [1.54, 1.807) is 12.1 Å². The number of benzene rings is 1. The molecule has 1 unspecified atom stereocenters. The number of hydrogen-bond donors (Lipinski definition) is 1. The minimum Gasteiger partial charge on any atom is -0.497 e. The lowest BCUT2D eigenvalue weighted by molar-refractivity contribution is 0.414. The fourth-order valence-electron chi connectivity index (χ4n) is 1.24. The van der Waals surface area contributed by atoms with Gasteiger partial charge < -0.3 is 4.74 Å². The van der Waals surface area contributed by atoms with Crippen molar-refractivity contribution in [3.8, 4) is 5.75 Å². The molecule has 0 spiro atoms. The van der Waals surface area contributed by atoms with Crippen LogP contribution in [-0.2, 0) is 10.0 Å². The fourth-order valence-corrected chi connectivity index (χ4v) is 2.99. The van der Waals surface area contributed by atoms with Gasteiger partial charge in [-0.2, -0.15) is 0 Å². The molecule has 0 fully saturated rings. The van der Waals surface area contributed by atoms with Crippen LogP contribution in [0.25, 0.3) is 0 Å². The van der Waals surface area contributed by atoms with E-state index in [1.807, 2.05) is 20.8 Å². The molecule has 0 radical (unpaired) electrons. The second-order valence-electron chi connectivity index (χ2n) is 4.62. The van der Waals surface area contributed by atoms with Crippen molar-refractivity contribution < 1.29 is 13.2 Å². The molecule has 0 aliphatic rings. The van der Waals surface area contributed by atoms with Crippen molar-refractivity contribution in [1.29, 1.82) is 0 Å². The number of ether oxygens (including phenoxy) is 1. The summed E-state index contributed by atoms with van der Waals surface area (Å²) in [4.78, 5) is 0.238. The lowest BCUT2D eigenvalue weighted by atomic mass is 10.0. The molecule has 0 amide bonds. The van der Waals surface area contributed by atoms with Crippen LogP contribution in [0.1, 0.15) is 20.8 Å². The number of halogens is 1. The van der Waals surface area contributed by atoms with Crippen LogP contribution in [0.2, 0.25) is 0 Å². The van der Waals surface area contributed by atoms with Gasteiger partial charge in [-0.15, -0.1) is 0 Å². The maximum absolute atomic E-state index is 12.2. The number of rotatable bonds is 5. The highest BCUT2D eigenvalue weighted by Crippen LogP contribution is 2.21. The summed E-state index contributed by atoms with van der Waals surface area (Å²) in [6, 6.07) is 6.30. The molecule has 6 heteroatoms. The van der Waals surface area contributed by atoms with E-state index in [2.05, 4.69) is 20.7 Å². The van der Waals surface area contributed by atoms with E-state index < -0.39 is 15.6 Å². The Morgan fingerprint density at radius 2 is 1.78 bits per heavy atom. The monoisotopic (exact) mass is 335 g/mol. The quantitative estimate of drug-likeness (QED) is 0.841. The number of alkyl halides is 1. The molecule has 0 saturated heterocycles. The Bertz CT molecular complexity index is 495. The minimum absolute atomic E-state index is 0.0121. The molecule has 0 aliphatic carbocycles. The molecule has 1 N–H and O–H groups in total. The van der Waals surface area contributed by atoms with Crippen LogP contribution in [0.4, 0.5) is 0 Å². The Morgan fingerprint density at radius 3 is 2.17 bits per heavy atom. The van der Waals surface area contributed by atoms with Crippen molar-refractivity contribution in [3.05, 3.63) is 24.3 Å². The van der Waals surface area contributed by atoms with Gasteiger partial charge in [0.2, 0.25) is 10.0 Å². The maximum Gasteiger partial charge on any atom is 0.241 e. The minimum atomic E-state index is -3.52. The molecule has 1 aromatic carbocycles. The van der Waals surface area contributed by atoms with E-state index in [4.69, 9.17) is 4.74 Å². The van der Waals surface area contributed by atoms with Crippen molar-refractivity contribution in [2.45, 2.75) is 36.0 Å². The molecule has 0 aliphatic heterocycles. The average molecular weight is 336 g/mol. The van der Waals surface area contributed by atoms with Gasteiger partial charge in [0.1, 0.15) is 5.75 Å². The summed E-state index contributed by atoms with van der Waals surface area (Å²) in [5.74, 6) is 0.627. The third-order valence-electron chi connectivity index (χ3n) is 2.76. The predicted molar refractivity (Wildman–Crippen MR) is 75.8 cm³/mol. The van der Waals surface area contributed by atoms with Crippen LogP contribution < -0.4 is 9.46 Å². The second kappa shape index (κ2) is 5.59. The van der Waals surface area contributed by atoms with Crippen molar-refractivity contribution in [3.63, 3.8) is 0 Å². The molecule has 0 bridgehead atoms. The second-order valence-corrected chi connectivity index (χ2v) is 7.67. The van der Waals surface area contributed by atoms with Gasteiger partial charge in [-0.1, -0.05) is 22.9 Å². The Morgan fingerprint density at radius 1 is 1.28 bits per heavy atom. The summed E-state index contributed by atoms with van der Waals surface area (Å²) in [5.41, 5.74) is -0.571. The predicted octanol–water partition coefficient (Wildman–Crippen LogP) is 2.54. The van der Waals surface area contributed by atoms with Gasteiger partial charge in [0, 0.05) is 10.4 Å². The summed E-state index contributed by atoms with van der Waals surface area (Å²) < 4.78 is 32.0. The smallest absolute Gasteiger partial charge is 0.241 e. The van der Waals surface area contributed by atoms with E-state index in [9.17, 15) is 8.42 Å². The Kier molecular flexibility index (Phi) is 4.80. The van der Waals surface area contributed by atoms with Crippen molar-refractivity contribution in [1.82, 2.24) is 4.72 Å². The van der Waals surface area contributed by atoms with Gasteiger partial charge in [0.25, 0.3) is 0 Å². The highest BCUT2D eigenvalue weighted by atomic mass is 79.9. The highest BCUT2D eigenvalue weighted by molar-refractivity contribution is 9.09. The average Bonchev–Trinajstić information content (AvgIpc) is 2.27. The topological polar surface area (TPSA) is 55.4 Å². The van der Waals surface area contributed by atoms with Crippen molar-refractivity contribution in [2.24, 2.45) is 0 Å². The van der Waals surface area contributed by atoms with E-state index >= 15 is 0 Å². The van der Waals surface area contributed by atoms with E-state index in [-0.39, 0.29) is 9.72 Å². The van der Waals surface area contributed by atoms with Gasteiger partial charge in [-0.25, -0.2) is 13.1 Å². The molecule has 1 atom stereocenters. The maximum atomic E-state index is 12.2. The van der Waals surface area contributed by atoms with Crippen LogP contribution in [0.15, 0.2) is 29.2 Å². The first-order valence-corrected chi connectivity index (χ1v) is 7.91. The Hall–Kier alpha value is -0.590. The summed E-state index contributed by atoms with van der Waals surface area (Å²) >= 11 is 3.40. The van der Waals surface area contributed by atoms with Gasteiger partial charge in [0.05, 0.1) is 12.0 Å². The Labute approximate surface area is 117 Å². The van der Waals surface area contributed by atoms with Crippen LogP contribution in [0, 0.1) is 0 Å². The van der Waals surface area contributed by atoms with Gasteiger partial charge in [0.15, 0.2) is 0 Å². The standard InChI is InChI=1S/C12H18BrNO3S/c1-9(13)12(2,3)14-18(15,16)11-7-5-10(17-4)6-8-11/h5-9,14H,1-4H3. The molecule has 1 aromatic rings. The third-order valence-corrected chi connectivity index (χ3v) is 5.59. The lowest BCUT2D eigenvalue weighted by Crippen LogP contribution is -2.48. The molecule has 0 aromatic heterocycles. The fraction of sp³-hybridized carbons (Fsp3) is 0.500. The lowest BCUT2D eigenvalue weighted by Gasteiger charge is -2.28. The first-order chi connectivity index (χ1) is 8.19. The molecule has 0 saturated carbocycles. The summed E-state index contributed by atoms with van der Waals surface area (Å²) in [7, 11) is -1.98. The SMILES string of the molecule is COc1ccc(S(=O)(=O)NC(C)(C)C(C)Br)cc1.